The number of hydrazine groups is 1. The number of unbranched alkanes of at least 4 members (excludes halogenated alkanes) is 4. The average molecular weight is 437 g/mol. The third-order valence-electron chi connectivity index (χ3n) is 5.75. The highest BCUT2D eigenvalue weighted by Gasteiger charge is 2.52. The number of benzene rings is 2. The van der Waals surface area contributed by atoms with Gasteiger partial charge < -0.3 is 4.74 Å². The molecule has 1 fully saturated rings. The van der Waals surface area contributed by atoms with Crippen LogP contribution in [-0.4, -0.2) is 30.2 Å². The number of alkyl halides is 3. The summed E-state index contributed by atoms with van der Waals surface area (Å²) in [5.41, 5.74) is 1.56. The van der Waals surface area contributed by atoms with E-state index in [2.05, 4.69) is 12.3 Å². The van der Waals surface area contributed by atoms with Crippen LogP contribution in [0, 0.1) is 5.41 Å². The summed E-state index contributed by atoms with van der Waals surface area (Å²) < 4.78 is 48.9. The lowest BCUT2D eigenvalue weighted by molar-refractivity contribution is -0.192. The Bertz CT molecular complexity index is 911. The SMILES string of the molecule is CCCCCCCOc1c([C@H](N2CC(C)(C)C(=O)N2)C(F)(F)F)ccc2ccccc12. The average Bonchev–Trinajstić information content (AvgIpc) is 2.96. The number of rotatable bonds is 9. The van der Waals surface area contributed by atoms with E-state index in [0.29, 0.717) is 12.0 Å². The Kier molecular flexibility index (Phi) is 7.14. The van der Waals surface area contributed by atoms with Crippen LogP contribution in [0.3, 0.4) is 0 Å². The van der Waals surface area contributed by atoms with Crippen molar-refractivity contribution in [3.8, 4) is 5.75 Å². The van der Waals surface area contributed by atoms with Gasteiger partial charge in [0.05, 0.1) is 12.0 Å². The number of ether oxygens (including phenoxy) is 1. The molecule has 1 amide bonds. The molecular weight excluding hydrogens is 405 g/mol. The van der Waals surface area contributed by atoms with Crippen LogP contribution in [0.25, 0.3) is 10.8 Å². The highest BCUT2D eigenvalue weighted by molar-refractivity contribution is 5.90. The molecule has 1 atom stereocenters. The number of nitrogens with zero attached hydrogens (tertiary/aromatic N) is 1. The lowest BCUT2D eigenvalue weighted by Gasteiger charge is -2.31. The molecule has 3 rings (SSSR count). The van der Waals surface area contributed by atoms with Crippen molar-refractivity contribution in [1.82, 2.24) is 10.4 Å². The molecule has 31 heavy (non-hydrogen) atoms. The Hall–Kier alpha value is -2.28. The van der Waals surface area contributed by atoms with Gasteiger partial charge >= 0.3 is 6.18 Å². The van der Waals surface area contributed by atoms with Crippen LogP contribution >= 0.6 is 0 Å². The van der Waals surface area contributed by atoms with Gasteiger partial charge in [0.15, 0.2) is 6.04 Å². The molecule has 0 aliphatic carbocycles. The Balaban J connectivity index is 1.97. The molecule has 0 bridgehead atoms. The van der Waals surface area contributed by atoms with Gasteiger partial charge in [0, 0.05) is 17.5 Å². The fourth-order valence-electron chi connectivity index (χ4n) is 4.01. The first-order chi connectivity index (χ1) is 14.6. The van der Waals surface area contributed by atoms with Gasteiger partial charge in [-0.25, -0.2) is 5.01 Å². The van der Waals surface area contributed by atoms with Gasteiger partial charge in [0.1, 0.15) is 5.75 Å². The molecule has 170 valence electrons. The normalized spacial score (nSPS) is 17.7. The molecule has 1 N–H and O–H groups in total. The van der Waals surface area contributed by atoms with E-state index in [-0.39, 0.29) is 17.9 Å². The van der Waals surface area contributed by atoms with Crippen molar-refractivity contribution < 1.29 is 22.7 Å². The van der Waals surface area contributed by atoms with E-state index in [9.17, 15) is 18.0 Å². The number of nitrogens with one attached hydrogen (secondary N) is 1. The summed E-state index contributed by atoms with van der Waals surface area (Å²) in [6.07, 6.45) is 0.525. The summed E-state index contributed by atoms with van der Waals surface area (Å²) in [5, 5.41) is 2.46. The van der Waals surface area contributed by atoms with E-state index in [0.717, 1.165) is 42.5 Å². The van der Waals surface area contributed by atoms with Crippen molar-refractivity contribution >= 4 is 16.7 Å². The van der Waals surface area contributed by atoms with Crippen LogP contribution in [0.2, 0.25) is 0 Å². The third-order valence-corrected chi connectivity index (χ3v) is 5.75. The van der Waals surface area contributed by atoms with Crippen LogP contribution in [-0.2, 0) is 4.79 Å². The van der Waals surface area contributed by atoms with E-state index in [1.54, 1.807) is 32.0 Å². The Morgan fingerprint density at radius 3 is 2.45 bits per heavy atom. The van der Waals surface area contributed by atoms with Gasteiger partial charge in [0.25, 0.3) is 0 Å². The molecule has 0 radical (unpaired) electrons. The first-order valence-electron chi connectivity index (χ1n) is 10.9. The van der Waals surface area contributed by atoms with Gasteiger partial charge in [-0.15, -0.1) is 0 Å². The van der Waals surface area contributed by atoms with Crippen molar-refractivity contribution in [1.29, 1.82) is 0 Å². The van der Waals surface area contributed by atoms with E-state index in [4.69, 9.17) is 4.74 Å². The van der Waals surface area contributed by atoms with Crippen molar-refractivity contribution in [3.05, 3.63) is 42.0 Å². The van der Waals surface area contributed by atoms with Gasteiger partial charge in [-0.1, -0.05) is 69.0 Å². The van der Waals surface area contributed by atoms with Crippen molar-refractivity contribution in [3.63, 3.8) is 0 Å². The van der Waals surface area contributed by atoms with Gasteiger partial charge in [-0.3, -0.25) is 10.2 Å². The maximum Gasteiger partial charge on any atom is 0.410 e. The van der Waals surface area contributed by atoms with Crippen molar-refractivity contribution in [2.75, 3.05) is 13.2 Å². The summed E-state index contributed by atoms with van der Waals surface area (Å²) in [6, 6.07) is 8.45. The minimum atomic E-state index is -4.59. The largest absolute Gasteiger partial charge is 0.493 e. The maximum absolute atomic E-state index is 14.3. The Morgan fingerprint density at radius 1 is 1.10 bits per heavy atom. The number of halogens is 3. The number of hydrogen-bond acceptors (Lipinski definition) is 3. The smallest absolute Gasteiger partial charge is 0.410 e. The predicted octanol–water partition coefficient (Wildman–Crippen LogP) is 6.17. The summed E-state index contributed by atoms with van der Waals surface area (Å²) in [5.74, 6) is -0.171. The molecule has 0 spiro atoms. The first kappa shape index (κ1) is 23.4. The molecule has 2 aromatic carbocycles. The monoisotopic (exact) mass is 436 g/mol. The van der Waals surface area contributed by atoms with Crippen LogP contribution in [0.15, 0.2) is 36.4 Å². The second kappa shape index (κ2) is 9.47. The quantitative estimate of drug-likeness (QED) is 0.478. The van der Waals surface area contributed by atoms with Crippen LogP contribution < -0.4 is 10.2 Å². The second-order valence-corrected chi connectivity index (χ2v) is 8.86. The number of amides is 1. The van der Waals surface area contributed by atoms with Gasteiger partial charge in [-0.2, -0.15) is 13.2 Å². The highest BCUT2D eigenvalue weighted by Crippen LogP contribution is 2.45. The summed E-state index contributed by atoms with van der Waals surface area (Å²) >= 11 is 0. The van der Waals surface area contributed by atoms with Gasteiger partial charge in [-0.05, 0) is 25.7 Å². The molecular formula is C24H31F3N2O2. The van der Waals surface area contributed by atoms with E-state index < -0.39 is 23.5 Å². The van der Waals surface area contributed by atoms with Crippen molar-refractivity contribution in [2.45, 2.75) is 65.1 Å². The zero-order valence-corrected chi connectivity index (χ0v) is 18.4. The highest BCUT2D eigenvalue weighted by atomic mass is 19.4. The number of hydrogen-bond donors (Lipinski definition) is 1. The van der Waals surface area contributed by atoms with E-state index in [1.807, 2.05) is 12.1 Å². The molecule has 2 aromatic rings. The van der Waals surface area contributed by atoms with E-state index in [1.165, 1.54) is 6.07 Å². The summed E-state index contributed by atoms with van der Waals surface area (Å²) in [7, 11) is 0. The zero-order valence-electron chi connectivity index (χ0n) is 18.4. The second-order valence-electron chi connectivity index (χ2n) is 8.86. The van der Waals surface area contributed by atoms with Crippen molar-refractivity contribution in [2.24, 2.45) is 5.41 Å². The van der Waals surface area contributed by atoms with E-state index >= 15 is 0 Å². The third kappa shape index (κ3) is 5.32. The Labute approximate surface area is 181 Å². The summed E-state index contributed by atoms with van der Waals surface area (Å²) in [4.78, 5) is 12.2. The molecule has 1 saturated heterocycles. The number of carbonyl (C=O) groups is 1. The topological polar surface area (TPSA) is 41.6 Å². The van der Waals surface area contributed by atoms with Gasteiger partial charge in [0.2, 0.25) is 5.91 Å². The molecule has 1 aliphatic heterocycles. The molecule has 0 aromatic heterocycles. The predicted molar refractivity (Wildman–Crippen MR) is 116 cm³/mol. The number of fused-ring (bicyclic) bond motifs is 1. The zero-order chi connectivity index (χ0) is 22.6. The summed E-state index contributed by atoms with van der Waals surface area (Å²) in [6.45, 7) is 5.73. The standard InChI is InChI=1S/C24H31F3N2O2/c1-4-5-6-7-10-15-31-20-18-12-9-8-11-17(18)13-14-19(20)21(24(25,26)27)29-16-23(2,3)22(30)28-29/h8-9,11-14,21H,4-7,10,15-16H2,1-3H3,(H,28,30)/t21-/m0/s1. The molecule has 1 aliphatic rings. The molecule has 7 heteroatoms. The first-order valence-corrected chi connectivity index (χ1v) is 10.9. The minimum Gasteiger partial charge on any atom is -0.493 e. The lowest BCUT2D eigenvalue weighted by atomic mass is 9.93. The fourth-order valence-corrected chi connectivity index (χ4v) is 4.01. The minimum absolute atomic E-state index is 0.0257. The van der Waals surface area contributed by atoms with Crippen LogP contribution in [0.4, 0.5) is 13.2 Å². The van der Waals surface area contributed by atoms with Crippen LogP contribution in [0.1, 0.15) is 64.5 Å². The lowest BCUT2D eigenvalue weighted by Crippen LogP contribution is -2.43. The molecule has 0 saturated carbocycles. The molecule has 1 heterocycles. The molecule has 0 unspecified atom stereocenters. The Morgan fingerprint density at radius 2 is 1.81 bits per heavy atom. The number of carbonyl (C=O) groups excluding carboxylic acids is 1. The van der Waals surface area contributed by atoms with Crippen LogP contribution in [0.5, 0.6) is 5.75 Å². The molecule has 4 nitrogen and oxygen atoms in total. The maximum atomic E-state index is 14.3. The fraction of sp³-hybridized carbons (Fsp3) is 0.542.